The zero-order chi connectivity index (χ0) is 14.6. The highest BCUT2D eigenvalue weighted by Crippen LogP contribution is 2.25. The summed E-state index contributed by atoms with van der Waals surface area (Å²) in [4.78, 5) is 12.1. The number of halogens is 2. The van der Waals surface area contributed by atoms with Gasteiger partial charge < -0.3 is 10.6 Å². The van der Waals surface area contributed by atoms with Gasteiger partial charge in [-0.15, -0.1) is 0 Å². The molecule has 0 saturated carbocycles. The Kier molecular flexibility index (Phi) is 5.68. The topological polar surface area (TPSA) is 41.1 Å². The first kappa shape index (κ1) is 16.3. The van der Waals surface area contributed by atoms with Crippen LogP contribution in [0.3, 0.4) is 0 Å². The summed E-state index contributed by atoms with van der Waals surface area (Å²) in [6.45, 7) is 7.91. The number of rotatable bonds is 5. The molecule has 0 radical (unpaired) electrons. The van der Waals surface area contributed by atoms with Gasteiger partial charge in [-0.1, -0.05) is 18.5 Å². The van der Waals surface area contributed by atoms with E-state index in [1.165, 1.54) is 0 Å². The van der Waals surface area contributed by atoms with Crippen LogP contribution in [0, 0.1) is 0 Å². The summed E-state index contributed by atoms with van der Waals surface area (Å²) >= 11 is 9.29. The van der Waals surface area contributed by atoms with Crippen molar-refractivity contribution in [2.75, 3.05) is 5.32 Å². The Morgan fingerprint density at radius 3 is 2.63 bits per heavy atom. The van der Waals surface area contributed by atoms with Gasteiger partial charge in [0.2, 0.25) is 5.91 Å². The smallest absolute Gasteiger partial charge is 0.242 e. The van der Waals surface area contributed by atoms with Gasteiger partial charge in [0.05, 0.1) is 5.02 Å². The summed E-state index contributed by atoms with van der Waals surface area (Å²) in [7, 11) is 0. The lowest BCUT2D eigenvalue weighted by Crippen LogP contribution is -2.48. The minimum atomic E-state index is -0.307. The van der Waals surface area contributed by atoms with Crippen molar-refractivity contribution in [3.05, 3.63) is 27.7 Å². The van der Waals surface area contributed by atoms with Gasteiger partial charge in [0.1, 0.15) is 6.04 Å². The second-order valence-electron chi connectivity index (χ2n) is 5.22. The second-order valence-corrected chi connectivity index (χ2v) is 6.48. The molecule has 5 heteroatoms. The van der Waals surface area contributed by atoms with Crippen molar-refractivity contribution in [2.45, 2.75) is 45.7 Å². The number of anilines is 1. The molecule has 0 aliphatic rings. The van der Waals surface area contributed by atoms with E-state index in [1.54, 1.807) is 6.07 Å². The van der Waals surface area contributed by atoms with Crippen molar-refractivity contribution in [1.29, 1.82) is 0 Å². The molecule has 0 fully saturated rings. The van der Waals surface area contributed by atoms with Crippen molar-refractivity contribution < 1.29 is 4.79 Å². The summed E-state index contributed by atoms with van der Waals surface area (Å²) in [5.41, 5.74) is 0.668. The minimum absolute atomic E-state index is 0.0158. The molecule has 1 atom stereocenters. The lowest BCUT2D eigenvalue weighted by molar-refractivity contribution is -0.123. The Bertz CT molecular complexity index is 463. The van der Waals surface area contributed by atoms with Gasteiger partial charge in [0, 0.05) is 15.7 Å². The molecule has 1 aromatic rings. The Hall–Kier alpha value is -0.740. The highest BCUT2D eigenvalue weighted by molar-refractivity contribution is 9.10. The Morgan fingerprint density at radius 1 is 1.47 bits per heavy atom. The highest BCUT2D eigenvalue weighted by Gasteiger charge is 2.21. The summed E-state index contributed by atoms with van der Waals surface area (Å²) in [5, 5.41) is 6.82. The van der Waals surface area contributed by atoms with Crippen LogP contribution in [0.2, 0.25) is 5.02 Å². The van der Waals surface area contributed by atoms with E-state index in [1.807, 2.05) is 32.9 Å². The molecule has 1 rings (SSSR count). The fraction of sp³-hybridized carbons (Fsp3) is 0.500. The van der Waals surface area contributed by atoms with Crippen LogP contribution in [0.25, 0.3) is 0 Å². The number of carbonyl (C=O) groups excluding carboxylic acids is 1. The van der Waals surface area contributed by atoms with Crippen molar-refractivity contribution in [3.8, 4) is 0 Å². The first-order valence-corrected chi connectivity index (χ1v) is 7.46. The molecule has 2 N–H and O–H groups in total. The molecule has 0 aliphatic heterocycles. The molecule has 0 aliphatic carbocycles. The minimum Gasteiger partial charge on any atom is -0.374 e. The van der Waals surface area contributed by atoms with Crippen LogP contribution in [-0.4, -0.2) is 17.5 Å². The predicted molar refractivity (Wildman–Crippen MR) is 84.7 cm³/mol. The number of hydrogen-bond donors (Lipinski definition) is 2. The number of hydrogen-bond acceptors (Lipinski definition) is 2. The fourth-order valence-corrected chi connectivity index (χ4v) is 1.93. The molecule has 0 spiro atoms. The molecule has 106 valence electrons. The lowest BCUT2D eigenvalue weighted by Gasteiger charge is -2.27. The molecule has 1 aromatic carbocycles. The molecule has 0 saturated heterocycles. The predicted octanol–water partition coefficient (Wildman–Crippen LogP) is 4.21. The van der Waals surface area contributed by atoms with Gasteiger partial charge in [-0.2, -0.15) is 0 Å². The largest absolute Gasteiger partial charge is 0.374 e. The van der Waals surface area contributed by atoms with E-state index in [0.29, 0.717) is 5.02 Å². The van der Waals surface area contributed by atoms with Crippen LogP contribution in [0.4, 0.5) is 5.69 Å². The molecule has 0 bridgehead atoms. The van der Waals surface area contributed by atoms with Crippen molar-refractivity contribution in [1.82, 2.24) is 5.32 Å². The van der Waals surface area contributed by atoms with Gasteiger partial charge in [-0.3, -0.25) is 4.79 Å². The second kappa shape index (κ2) is 6.62. The standard InChI is InChI=1S/C14H20BrClN2O/c1-5-14(3,4)18-13(19)9(2)17-10-6-7-12(16)11(15)8-10/h6-9,17H,5H2,1-4H3,(H,18,19). The third kappa shape index (κ3) is 5.03. The van der Waals surface area contributed by atoms with Gasteiger partial charge in [-0.25, -0.2) is 0 Å². The van der Waals surface area contributed by atoms with Crippen LogP contribution >= 0.6 is 27.5 Å². The SMILES string of the molecule is CCC(C)(C)NC(=O)C(C)Nc1ccc(Cl)c(Br)c1. The zero-order valence-electron chi connectivity index (χ0n) is 11.7. The van der Waals surface area contributed by atoms with Gasteiger partial charge >= 0.3 is 0 Å². The zero-order valence-corrected chi connectivity index (χ0v) is 14.0. The highest BCUT2D eigenvalue weighted by atomic mass is 79.9. The quantitative estimate of drug-likeness (QED) is 0.838. The summed E-state index contributed by atoms with van der Waals surface area (Å²) in [6, 6.07) is 5.19. The first-order valence-electron chi connectivity index (χ1n) is 6.29. The molecule has 1 amide bonds. The fourth-order valence-electron chi connectivity index (χ4n) is 1.43. The van der Waals surface area contributed by atoms with Crippen LogP contribution in [0.1, 0.15) is 34.1 Å². The van der Waals surface area contributed by atoms with Crippen molar-refractivity contribution >= 4 is 39.1 Å². The Morgan fingerprint density at radius 2 is 2.11 bits per heavy atom. The molecular formula is C14H20BrClN2O. The average molecular weight is 348 g/mol. The number of benzene rings is 1. The molecule has 3 nitrogen and oxygen atoms in total. The summed E-state index contributed by atoms with van der Waals surface area (Å²) < 4.78 is 0.806. The van der Waals surface area contributed by atoms with Gasteiger partial charge in [-0.05, 0) is 61.3 Å². The first-order chi connectivity index (χ1) is 8.75. The molecular weight excluding hydrogens is 328 g/mol. The summed E-state index contributed by atoms with van der Waals surface area (Å²) in [6.07, 6.45) is 0.887. The molecule has 1 unspecified atom stereocenters. The van der Waals surface area contributed by atoms with Crippen LogP contribution < -0.4 is 10.6 Å². The molecule has 0 heterocycles. The number of carbonyl (C=O) groups is 1. The lowest BCUT2D eigenvalue weighted by atomic mass is 10.0. The molecule has 0 aromatic heterocycles. The van der Waals surface area contributed by atoms with Gasteiger partial charge in [0.25, 0.3) is 0 Å². The van der Waals surface area contributed by atoms with Crippen molar-refractivity contribution in [2.24, 2.45) is 0 Å². The van der Waals surface area contributed by atoms with E-state index < -0.39 is 0 Å². The Labute approximate surface area is 128 Å². The summed E-state index contributed by atoms with van der Waals surface area (Å²) in [5.74, 6) is -0.0158. The molecule has 19 heavy (non-hydrogen) atoms. The maximum Gasteiger partial charge on any atom is 0.242 e. The third-order valence-corrected chi connectivity index (χ3v) is 4.26. The maximum absolute atomic E-state index is 12.1. The van der Waals surface area contributed by atoms with E-state index in [0.717, 1.165) is 16.6 Å². The average Bonchev–Trinajstić information content (AvgIpc) is 2.33. The third-order valence-electron chi connectivity index (χ3n) is 3.04. The monoisotopic (exact) mass is 346 g/mol. The van der Waals surface area contributed by atoms with Crippen LogP contribution in [-0.2, 0) is 4.79 Å². The van der Waals surface area contributed by atoms with E-state index in [2.05, 4.69) is 33.5 Å². The number of amides is 1. The van der Waals surface area contributed by atoms with Crippen molar-refractivity contribution in [3.63, 3.8) is 0 Å². The Balaban J connectivity index is 2.66. The normalized spacial score (nSPS) is 12.9. The van der Waals surface area contributed by atoms with E-state index in [9.17, 15) is 4.79 Å². The van der Waals surface area contributed by atoms with Crippen LogP contribution in [0.15, 0.2) is 22.7 Å². The van der Waals surface area contributed by atoms with E-state index in [4.69, 9.17) is 11.6 Å². The van der Waals surface area contributed by atoms with E-state index >= 15 is 0 Å². The van der Waals surface area contributed by atoms with E-state index in [-0.39, 0.29) is 17.5 Å². The van der Waals surface area contributed by atoms with Gasteiger partial charge in [0.15, 0.2) is 0 Å². The number of nitrogens with one attached hydrogen (secondary N) is 2. The maximum atomic E-state index is 12.1. The van der Waals surface area contributed by atoms with Crippen LogP contribution in [0.5, 0.6) is 0 Å².